The molecule has 2 aliphatic rings. The molecule has 4 rings (SSSR count). The number of carbonyl (C=O) groups excluding carboxylic acids is 1. The van der Waals surface area contributed by atoms with Crippen LogP contribution in [-0.4, -0.2) is 45.0 Å². The van der Waals surface area contributed by atoms with E-state index in [1.54, 1.807) is 6.20 Å². The Morgan fingerprint density at radius 1 is 1.12 bits per heavy atom. The molecule has 126 valence electrons. The molecule has 1 amide bonds. The molecule has 1 saturated heterocycles. The van der Waals surface area contributed by atoms with Crippen LogP contribution in [0.4, 0.5) is 5.82 Å². The van der Waals surface area contributed by atoms with Gasteiger partial charge in [-0.2, -0.15) is 10.2 Å². The van der Waals surface area contributed by atoms with Crippen LogP contribution in [-0.2, 0) is 17.8 Å². The van der Waals surface area contributed by atoms with Gasteiger partial charge in [-0.1, -0.05) is 0 Å². The van der Waals surface area contributed by atoms with Crippen molar-refractivity contribution < 1.29 is 4.79 Å². The lowest BCUT2D eigenvalue weighted by Crippen LogP contribution is -2.47. The number of nitrogens with one attached hydrogen (secondary N) is 1. The molecule has 2 aliphatic heterocycles. The lowest BCUT2D eigenvalue weighted by atomic mass is 9.94. The number of amides is 1. The van der Waals surface area contributed by atoms with E-state index in [0.29, 0.717) is 0 Å². The summed E-state index contributed by atoms with van der Waals surface area (Å²) in [5.41, 5.74) is 1.17. The highest BCUT2D eigenvalue weighted by atomic mass is 16.1. The van der Waals surface area contributed by atoms with Gasteiger partial charge in [0, 0.05) is 56.1 Å². The van der Waals surface area contributed by atoms with Crippen molar-refractivity contribution in [3.63, 3.8) is 0 Å². The van der Waals surface area contributed by atoms with Crippen LogP contribution in [0.3, 0.4) is 0 Å². The Labute approximate surface area is 141 Å². The van der Waals surface area contributed by atoms with Gasteiger partial charge in [0.1, 0.15) is 0 Å². The molecule has 1 N–H and O–H groups in total. The molecule has 0 aliphatic carbocycles. The fraction of sp³-hybridized carbons (Fsp3) is 0.529. The van der Waals surface area contributed by atoms with Crippen LogP contribution in [0.15, 0.2) is 30.6 Å². The van der Waals surface area contributed by atoms with Crippen LogP contribution < -0.4 is 10.2 Å². The smallest absolute Gasteiger partial charge is 0.223 e. The van der Waals surface area contributed by atoms with Gasteiger partial charge < -0.3 is 10.2 Å². The van der Waals surface area contributed by atoms with Crippen LogP contribution in [0.5, 0.6) is 0 Å². The minimum absolute atomic E-state index is 0.0761. The van der Waals surface area contributed by atoms with Gasteiger partial charge in [0.25, 0.3) is 0 Å². The van der Waals surface area contributed by atoms with E-state index >= 15 is 0 Å². The van der Waals surface area contributed by atoms with Crippen LogP contribution in [0, 0.1) is 5.92 Å². The minimum atomic E-state index is 0.0761. The summed E-state index contributed by atoms with van der Waals surface area (Å²) in [6, 6.07) is 6.16. The number of hydrogen-bond acceptors (Lipinski definition) is 5. The van der Waals surface area contributed by atoms with Crippen LogP contribution in [0.1, 0.15) is 25.0 Å². The summed E-state index contributed by atoms with van der Waals surface area (Å²) in [6.45, 7) is 2.65. The monoisotopic (exact) mass is 326 g/mol. The first kappa shape index (κ1) is 15.1. The van der Waals surface area contributed by atoms with E-state index < -0.39 is 0 Å². The quantitative estimate of drug-likeness (QED) is 0.911. The Hall–Kier alpha value is -2.44. The fourth-order valence-corrected chi connectivity index (χ4v) is 3.63. The largest absolute Gasteiger partial charge is 0.355 e. The summed E-state index contributed by atoms with van der Waals surface area (Å²) in [7, 11) is 0. The second-order valence-electron chi connectivity index (χ2n) is 6.59. The van der Waals surface area contributed by atoms with E-state index in [2.05, 4.69) is 25.5 Å². The third-order valence-electron chi connectivity index (χ3n) is 5.04. The maximum Gasteiger partial charge on any atom is 0.223 e. The van der Waals surface area contributed by atoms with E-state index in [-0.39, 0.29) is 17.9 Å². The summed E-state index contributed by atoms with van der Waals surface area (Å²) >= 11 is 0. The Bertz CT molecular complexity index is 692. The Morgan fingerprint density at radius 2 is 2.00 bits per heavy atom. The highest BCUT2D eigenvalue weighted by Gasteiger charge is 2.28. The van der Waals surface area contributed by atoms with E-state index in [0.717, 1.165) is 51.1 Å². The van der Waals surface area contributed by atoms with Crippen LogP contribution >= 0.6 is 0 Å². The molecule has 7 heteroatoms. The zero-order valence-electron chi connectivity index (χ0n) is 13.6. The number of hydrogen-bond donors (Lipinski definition) is 1. The molecule has 0 radical (unpaired) electrons. The maximum atomic E-state index is 12.6. The first-order chi connectivity index (χ1) is 11.8. The Kier molecular flexibility index (Phi) is 4.15. The number of fused-ring (bicyclic) bond motifs is 1. The molecular formula is C17H22N6O. The second-order valence-corrected chi connectivity index (χ2v) is 6.59. The predicted octanol–water partition coefficient (Wildman–Crippen LogP) is 1.02. The third-order valence-corrected chi connectivity index (χ3v) is 5.04. The number of aromatic nitrogens is 4. The van der Waals surface area contributed by atoms with Gasteiger partial charge in [0.2, 0.25) is 5.91 Å². The molecule has 1 atom stereocenters. The van der Waals surface area contributed by atoms with Gasteiger partial charge >= 0.3 is 0 Å². The Morgan fingerprint density at radius 3 is 2.79 bits per heavy atom. The number of aryl methyl sites for hydroxylation is 1. The van der Waals surface area contributed by atoms with Gasteiger partial charge in [0.05, 0.1) is 0 Å². The molecule has 7 nitrogen and oxygen atoms in total. The molecule has 2 aromatic rings. The van der Waals surface area contributed by atoms with Crippen molar-refractivity contribution in [2.24, 2.45) is 5.92 Å². The molecule has 1 fully saturated rings. The molecule has 1 unspecified atom stereocenters. The van der Waals surface area contributed by atoms with E-state index in [1.807, 2.05) is 29.1 Å². The van der Waals surface area contributed by atoms with Crippen molar-refractivity contribution in [2.75, 3.05) is 18.0 Å². The number of piperidine rings is 1. The van der Waals surface area contributed by atoms with Gasteiger partial charge in [-0.15, -0.1) is 5.10 Å². The number of nitrogens with zero attached hydrogens (tertiary/aromatic N) is 5. The van der Waals surface area contributed by atoms with Crippen molar-refractivity contribution in [2.45, 2.75) is 38.3 Å². The molecule has 4 heterocycles. The lowest BCUT2D eigenvalue weighted by Gasteiger charge is -2.34. The van der Waals surface area contributed by atoms with Gasteiger partial charge in [-0.05, 0) is 37.5 Å². The summed E-state index contributed by atoms with van der Waals surface area (Å²) in [4.78, 5) is 14.8. The summed E-state index contributed by atoms with van der Waals surface area (Å²) in [5, 5.41) is 15.6. The van der Waals surface area contributed by atoms with E-state index in [1.165, 1.54) is 5.69 Å². The van der Waals surface area contributed by atoms with Gasteiger partial charge in [0.15, 0.2) is 5.82 Å². The highest BCUT2D eigenvalue weighted by molar-refractivity contribution is 5.79. The SMILES string of the molecule is O=C(NC1CCN(c2cccnn2)CC1)C1CCn2nccc2C1. The molecule has 0 saturated carbocycles. The lowest BCUT2D eigenvalue weighted by molar-refractivity contribution is -0.126. The van der Waals surface area contributed by atoms with Crippen molar-refractivity contribution in [3.8, 4) is 0 Å². The van der Waals surface area contributed by atoms with Crippen molar-refractivity contribution in [1.29, 1.82) is 0 Å². The maximum absolute atomic E-state index is 12.6. The number of carbonyl (C=O) groups is 1. The van der Waals surface area contributed by atoms with E-state index in [4.69, 9.17) is 0 Å². The third kappa shape index (κ3) is 3.11. The molecule has 24 heavy (non-hydrogen) atoms. The van der Waals surface area contributed by atoms with Gasteiger partial charge in [-0.3, -0.25) is 9.48 Å². The van der Waals surface area contributed by atoms with Crippen LogP contribution in [0.25, 0.3) is 0 Å². The summed E-state index contributed by atoms with van der Waals surface area (Å²) < 4.78 is 2.00. The van der Waals surface area contributed by atoms with E-state index in [9.17, 15) is 4.79 Å². The molecule has 0 bridgehead atoms. The van der Waals surface area contributed by atoms with Crippen molar-refractivity contribution in [1.82, 2.24) is 25.3 Å². The first-order valence-electron chi connectivity index (χ1n) is 8.63. The first-order valence-corrected chi connectivity index (χ1v) is 8.63. The topological polar surface area (TPSA) is 75.9 Å². The molecular weight excluding hydrogens is 304 g/mol. The average Bonchev–Trinajstić information content (AvgIpc) is 3.11. The predicted molar refractivity (Wildman–Crippen MR) is 89.4 cm³/mol. The molecule has 0 spiro atoms. The summed E-state index contributed by atoms with van der Waals surface area (Å²) in [6.07, 6.45) is 7.08. The number of rotatable bonds is 3. The zero-order valence-corrected chi connectivity index (χ0v) is 13.6. The van der Waals surface area contributed by atoms with Gasteiger partial charge in [-0.25, -0.2) is 0 Å². The standard InChI is InChI=1S/C17H22N6O/c24-17(13-4-11-23-15(12-13)3-8-19-23)20-14-5-9-22(10-6-14)16-2-1-7-18-21-16/h1-3,7-8,13-14H,4-6,9-12H2,(H,20,24). The zero-order chi connectivity index (χ0) is 16.4. The highest BCUT2D eigenvalue weighted by Crippen LogP contribution is 2.21. The molecule has 0 aromatic carbocycles. The van der Waals surface area contributed by atoms with Crippen LogP contribution in [0.2, 0.25) is 0 Å². The summed E-state index contributed by atoms with van der Waals surface area (Å²) in [5.74, 6) is 1.19. The minimum Gasteiger partial charge on any atom is -0.355 e. The fourth-order valence-electron chi connectivity index (χ4n) is 3.63. The average molecular weight is 326 g/mol. The normalized spacial score (nSPS) is 21.3. The second kappa shape index (κ2) is 6.59. The van der Waals surface area contributed by atoms with Crippen molar-refractivity contribution in [3.05, 3.63) is 36.3 Å². The Balaban J connectivity index is 1.29. The molecule has 2 aromatic heterocycles. The van der Waals surface area contributed by atoms with Crippen molar-refractivity contribution >= 4 is 11.7 Å². The number of anilines is 1.